The number of esters is 1. The summed E-state index contributed by atoms with van der Waals surface area (Å²) in [5.41, 5.74) is 1.30. The average molecular weight is 376 g/mol. The number of ether oxygens (including phenoxy) is 1. The van der Waals surface area contributed by atoms with Crippen LogP contribution in [0.1, 0.15) is 52.5 Å². The molecule has 0 aliphatic carbocycles. The van der Waals surface area contributed by atoms with Gasteiger partial charge in [0.2, 0.25) is 11.8 Å². The number of carbonyl (C=O) groups excluding carboxylic acids is 3. The fourth-order valence-corrected chi connectivity index (χ4v) is 2.85. The second-order valence-electron chi connectivity index (χ2n) is 8.20. The zero-order chi connectivity index (χ0) is 20.6. The van der Waals surface area contributed by atoms with E-state index >= 15 is 0 Å². The van der Waals surface area contributed by atoms with Gasteiger partial charge in [0.05, 0.1) is 7.11 Å². The molecule has 0 saturated heterocycles. The van der Waals surface area contributed by atoms with Gasteiger partial charge in [-0.15, -0.1) is 0 Å². The first-order valence-corrected chi connectivity index (χ1v) is 9.26. The van der Waals surface area contributed by atoms with E-state index in [9.17, 15) is 14.4 Å². The van der Waals surface area contributed by atoms with Gasteiger partial charge in [0.1, 0.15) is 6.04 Å². The van der Waals surface area contributed by atoms with Gasteiger partial charge < -0.3 is 15.4 Å². The molecular formula is C21H32N2O4. The Morgan fingerprint density at radius 1 is 1.04 bits per heavy atom. The van der Waals surface area contributed by atoms with Crippen molar-refractivity contribution >= 4 is 23.5 Å². The molecule has 1 atom stereocenters. The maximum atomic E-state index is 12.4. The average Bonchev–Trinajstić information content (AvgIpc) is 2.53. The molecule has 0 spiro atoms. The van der Waals surface area contributed by atoms with Crippen molar-refractivity contribution in [1.29, 1.82) is 0 Å². The van der Waals surface area contributed by atoms with Crippen LogP contribution in [0.5, 0.6) is 0 Å². The molecule has 6 heteroatoms. The van der Waals surface area contributed by atoms with Crippen molar-refractivity contribution in [1.82, 2.24) is 5.32 Å². The van der Waals surface area contributed by atoms with E-state index in [0.717, 1.165) is 11.3 Å². The highest BCUT2D eigenvalue weighted by molar-refractivity contribution is 5.92. The van der Waals surface area contributed by atoms with Crippen LogP contribution in [0, 0.1) is 18.3 Å². The molecule has 0 aliphatic heterocycles. The van der Waals surface area contributed by atoms with E-state index < -0.39 is 17.4 Å². The molecule has 6 nitrogen and oxygen atoms in total. The van der Waals surface area contributed by atoms with Gasteiger partial charge in [-0.05, 0) is 36.8 Å². The number of carbonyl (C=O) groups is 3. The first kappa shape index (κ1) is 22.7. The number of methoxy groups -OCH3 is 1. The molecule has 0 radical (unpaired) electrons. The monoisotopic (exact) mass is 376 g/mol. The lowest BCUT2D eigenvalue weighted by Gasteiger charge is -2.25. The summed E-state index contributed by atoms with van der Waals surface area (Å²) in [5, 5.41) is 5.59. The Morgan fingerprint density at radius 2 is 1.59 bits per heavy atom. The predicted octanol–water partition coefficient (Wildman–Crippen LogP) is 3.44. The molecule has 1 aromatic rings. The standard InChI is InChI=1S/C21H32N2O4/c1-14(2)11-17(20(26)27-6)23-19(25)13-21(4,5)12-18(24)22-16-9-7-15(3)8-10-16/h7-10,14,17H,11-13H2,1-6H3,(H,22,24)(H,23,25). The van der Waals surface area contributed by atoms with Gasteiger partial charge in [-0.3, -0.25) is 9.59 Å². The minimum absolute atomic E-state index is 0.139. The van der Waals surface area contributed by atoms with Crippen molar-refractivity contribution in [3.05, 3.63) is 29.8 Å². The van der Waals surface area contributed by atoms with Crippen LogP contribution in [0.2, 0.25) is 0 Å². The van der Waals surface area contributed by atoms with Gasteiger partial charge in [0, 0.05) is 18.5 Å². The molecule has 150 valence electrons. The second kappa shape index (κ2) is 10.1. The van der Waals surface area contributed by atoms with Crippen LogP contribution in [-0.4, -0.2) is 30.9 Å². The molecule has 1 rings (SSSR count). The highest BCUT2D eigenvalue weighted by atomic mass is 16.5. The molecule has 27 heavy (non-hydrogen) atoms. The normalized spacial score (nSPS) is 12.4. The largest absolute Gasteiger partial charge is 0.467 e. The van der Waals surface area contributed by atoms with E-state index in [4.69, 9.17) is 4.74 Å². The van der Waals surface area contributed by atoms with Gasteiger partial charge in [0.25, 0.3) is 0 Å². The summed E-state index contributed by atoms with van der Waals surface area (Å²) in [6.45, 7) is 9.64. The lowest BCUT2D eigenvalue weighted by Crippen LogP contribution is -2.43. The van der Waals surface area contributed by atoms with Crippen LogP contribution >= 0.6 is 0 Å². The number of benzene rings is 1. The van der Waals surface area contributed by atoms with Crippen LogP contribution in [0.4, 0.5) is 5.69 Å². The van der Waals surface area contributed by atoms with Gasteiger partial charge >= 0.3 is 5.97 Å². The number of hydrogen-bond acceptors (Lipinski definition) is 4. The zero-order valence-corrected chi connectivity index (χ0v) is 17.2. The second-order valence-corrected chi connectivity index (χ2v) is 8.20. The van der Waals surface area contributed by atoms with Crippen LogP contribution in [0.15, 0.2) is 24.3 Å². The fraction of sp³-hybridized carbons (Fsp3) is 0.571. The predicted molar refractivity (Wildman–Crippen MR) is 106 cm³/mol. The quantitative estimate of drug-likeness (QED) is 0.647. The molecule has 1 unspecified atom stereocenters. The zero-order valence-electron chi connectivity index (χ0n) is 17.2. The molecular weight excluding hydrogens is 344 g/mol. The highest BCUT2D eigenvalue weighted by Gasteiger charge is 2.28. The third-order valence-corrected chi connectivity index (χ3v) is 4.14. The van der Waals surface area contributed by atoms with Crippen LogP contribution in [-0.2, 0) is 19.1 Å². The van der Waals surface area contributed by atoms with Crippen LogP contribution < -0.4 is 10.6 Å². The van der Waals surface area contributed by atoms with Crippen molar-refractivity contribution in [3.63, 3.8) is 0 Å². The highest BCUT2D eigenvalue weighted by Crippen LogP contribution is 2.26. The SMILES string of the molecule is COC(=O)C(CC(C)C)NC(=O)CC(C)(C)CC(=O)Nc1ccc(C)cc1. The molecule has 1 aromatic carbocycles. The topological polar surface area (TPSA) is 84.5 Å². The smallest absolute Gasteiger partial charge is 0.328 e. The van der Waals surface area contributed by atoms with E-state index in [-0.39, 0.29) is 30.6 Å². The van der Waals surface area contributed by atoms with Crippen molar-refractivity contribution in [2.24, 2.45) is 11.3 Å². The molecule has 2 amide bonds. The number of amides is 2. The lowest BCUT2D eigenvalue weighted by molar-refractivity contribution is -0.145. The Balaban J connectivity index is 2.60. The van der Waals surface area contributed by atoms with Crippen molar-refractivity contribution in [2.75, 3.05) is 12.4 Å². The number of hydrogen-bond donors (Lipinski definition) is 2. The van der Waals surface area contributed by atoms with Crippen molar-refractivity contribution < 1.29 is 19.1 Å². The summed E-state index contributed by atoms with van der Waals surface area (Å²) in [7, 11) is 1.31. The summed E-state index contributed by atoms with van der Waals surface area (Å²) >= 11 is 0. The number of nitrogens with one attached hydrogen (secondary N) is 2. The van der Waals surface area contributed by atoms with Gasteiger partial charge in [-0.2, -0.15) is 0 Å². The summed E-state index contributed by atoms with van der Waals surface area (Å²) in [4.78, 5) is 36.5. The Bertz CT molecular complexity index is 651. The third-order valence-electron chi connectivity index (χ3n) is 4.14. The summed E-state index contributed by atoms with van der Waals surface area (Å²) in [5.74, 6) is -0.628. The Labute approximate surface area is 162 Å². The minimum atomic E-state index is -0.667. The molecule has 0 fully saturated rings. The van der Waals surface area contributed by atoms with Crippen molar-refractivity contribution in [2.45, 2.75) is 59.9 Å². The van der Waals surface area contributed by atoms with Crippen LogP contribution in [0.25, 0.3) is 0 Å². The summed E-state index contributed by atoms with van der Waals surface area (Å²) in [6.07, 6.45) is 0.841. The Kier molecular flexibility index (Phi) is 8.47. The number of anilines is 1. The lowest BCUT2D eigenvalue weighted by atomic mass is 9.84. The van der Waals surface area contributed by atoms with E-state index in [1.807, 2.05) is 58.9 Å². The number of aryl methyl sites for hydroxylation is 1. The number of rotatable bonds is 9. The first-order chi connectivity index (χ1) is 12.5. The van der Waals surface area contributed by atoms with Gasteiger partial charge in [-0.25, -0.2) is 4.79 Å². The first-order valence-electron chi connectivity index (χ1n) is 9.26. The van der Waals surface area contributed by atoms with Gasteiger partial charge in [-0.1, -0.05) is 45.4 Å². The molecule has 0 bridgehead atoms. The molecule has 0 aliphatic rings. The third kappa shape index (κ3) is 8.71. The Hall–Kier alpha value is -2.37. The Morgan fingerprint density at radius 3 is 2.11 bits per heavy atom. The molecule has 2 N–H and O–H groups in total. The maximum absolute atomic E-state index is 12.4. The van der Waals surface area contributed by atoms with E-state index in [2.05, 4.69) is 10.6 Å². The molecule has 0 saturated carbocycles. The van der Waals surface area contributed by atoms with E-state index in [0.29, 0.717) is 6.42 Å². The van der Waals surface area contributed by atoms with E-state index in [1.165, 1.54) is 7.11 Å². The molecule has 0 heterocycles. The molecule has 0 aromatic heterocycles. The van der Waals surface area contributed by atoms with Crippen LogP contribution in [0.3, 0.4) is 0 Å². The van der Waals surface area contributed by atoms with Gasteiger partial charge in [0.15, 0.2) is 0 Å². The maximum Gasteiger partial charge on any atom is 0.328 e. The summed E-state index contributed by atoms with van der Waals surface area (Å²) in [6, 6.07) is 6.88. The fourth-order valence-electron chi connectivity index (χ4n) is 2.85. The summed E-state index contributed by atoms with van der Waals surface area (Å²) < 4.78 is 4.77. The van der Waals surface area contributed by atoms with E-state index in [1.54, 1.807) is 0 Å². The van der Waals surface area contributed by atoms with Crippen molar-refractivity contribution in [3.8, 4) is 0 Å². The minimum Gasteiger partial charge on any atom is -0.467 e.